The smallest absolute Gasteiger partial charge is 0.291 e. The molecule has 0 atom stereocenters. The number of aliphatic imine (C=N–C) groups is 1. The summed E-state index contributed by atoms with van der Waals surface area (Å²) < 4.78 is 0. The molecule has 15 heavy (non-hydrogen) atoms. The Labute approximate surface area is 89.3 Å². The zero-order valence-corrected chi connectivity index (χ0v) is 8.13. The van der Waals surface area contributed by atoms with E-state index in [1.807, 2.05) is 0 Å². The van der Waals surface area contributed by atoms with E-state index in [4.69, 9.17) is 38.4 Å². The quantitative estimate of drug-likeness (QED) is 0.209. The van der Waals surface area contributed by atoms with Crippen LogP contribution in [0.25, 0.3) is 0 Å². The summed E-state index contributed by atoms with van der Waals surface area (Å²) in [5.74, 6) is 0.00845. The standard InChI is InChI=1S/C6H7ClN4.HNO3/c7-5-2-1-4(3-10-5)11-6(8)9;2-1(3)4/h1-3H,(H4,8,9,11);(H,2,3,4). The third-order valence-corrected chi connectivity index (χ3v) is 1.19. The van der Waals surface area contributed by atoms with Crippen molar-refractivity contribution in [1.29, 1.82) is 0 Å². The van der Waals surface area contributed by atoms with Crippen molar-refractivity contribution in [3.05, 3.63) is 33.6 Å². The van der Waals surface area contributed by atoms with Gasteiger partial charge in [0.25, 0.3) is 5.09 Å². The van der Waals surface area contributed by atoms with Gasteiger partial charge in [-0.3, -0.25) is 0 Å². The fourth-order valence-corrected chi connectivity index (χ4v) is 0.695. The Morgan fingerprint density at radius 3 is 2.47 bits per heavy atom. The predicted molar refractivity (Wildman–Crippen MR) is 53.5 cm³/mol. The highest BCUT2D eigenvalue weighted by molar-refractivity contribution is 6.29. The van der Waals surface area contributed by atoms with Gasteiger partial charge in [0.15, 0.2) is 5.96 Å². The van der Waals surface area contributed by atoms with Crippen molar-refractivity contribution in [2.24, 2.45) is 16.5 Å². The van der Waals surface area contributed by atoms with Crippen LogP contribution in [0.5, 0.6) is 0 Å². The molecular weight excluding hydrogens is 226 g/mol. The van der Waals surface area contributed by atoms with Gasteiger partial charge < -0.3 is 16.7 Å². The lowest BCUT2D eigenvalue weighted by atomic mass is 10.4. The third-order valence-electron chi connectivity index (χ3n) is 0.970. The van der Waals surface area contributed by atoms with Crippen molar-refractivity contribution >= 4 is 23.2 Å². The number of nitrogens with zero attached hydrogens (tertiary/aromatic N) is 3. The lowest BCUT2D eigenvalue weighted by Crippen LogP contribution is -2.21. The van der Waals surface area contributed by atoms with Gasteiger partial charge in [0.2, 0.25) is 0 Å². The molecule has 0 aliphatic rings. The first kappa shape index (κ1) is 12.9. The van der Waals surface area contributed by atoms with Gasteiger partial charge in [-0.2, -0.15) is 0 Å². The van der Waals surface area contributed by atoms with Crippen LogP contribution in [0.2, 0.25) is 5.15 Å². The van der Waals surface area contributed by atoms with E-state index in [2.05, 4.69) is 9.98 Å². The molecule has 1 heterocycles. The normalized spacial score (nSPS) is 8.33. The Balaban J connectivity index is 0.000000423. The molecular formula is C6H8ClN5O3. The van der Waals surface area contributed by atoms with Crippen molar-refractivity contribution in [2.75, 3.05) is 0 Å². The van der Waals surface area contributed by atoms with Crippen LogP contribution in [0, 0.1) is 10.1 Å². The summed E-state index contributed by atoms with van der Waals surface area (Å²) in [6, 6.07) is 3.29. The highest BCUT2D eigenvalue weighted by atomic mass is 35.5. The highest BCUT2D eigenvalue weighted by Crippen LogP contribution is 2.11. The Hall–Kier alpha value is -2.09. The van der Waals surface area contributed by atoms with Crippen LogP contribution in [0.15, 0.2) is 23.3 Å². The maximum atomic E-state index is 8.36. The summed E-state index contributed by atoms with van der Waals surface area (Å²) in [4.78, 5) is 15.9. The zero-order chi connectivity index (χ0) is 11.8. The monoisotopic (exact) mass is 233 g/mol. The van der Waals surface area contributed by atoms with Gasteiger partial charge in [0.1, 0.15) is 5.15 Å². The molecule has 0 radical (unpaired) electrons. The van der Waals surface area contributed by atoms with E-state index < -0.39 is 5.09 Å². The fourth-order valence-electron chi connectivity index (χ4n) is 0.583. The number of guanidine groups is 1. The lowest BCUT2D eigenvalue weighted by molar-refractivity contribution is -0.742. The second-order valence-electron chi connectivity index (χ2n) is 2.11. The molecule has 82 valence electrons. The first-order valence-corrected chi connectivity index (χ1v) is 3.84. The largest absolute Gasteiger partial charge is 0.370 e. The minimum Gasteiger partial charge on any atom is -0.370 e. The van der Waals surface area contributed by atoms with Crippen LogP contribution < -0.4 is 11.5 Å². The van der Waals surface area contributed by atoms with Gasteiger partial charge in [0, 0.05) is 0 Å². The first-order chi connectivity index (χ1) is 6.91. The van der Waals surface area contributed by atoms with E-state index in [0.717, 1.165) is 0 Å². The van der Waals surface area contributed by atoms with Crippen molar-refractivity contribution in [1.82, 2.24) is 4.98 Å². The molecule has 0 aliphatic heterocycles. The van der Waals surface area contributed by atoms with E-state index in [9.17, 15) is 0 Å². The molecule has 0 spiro atoms. The van der Waals surface area contributed by atoms with E-state index >= 15 is 0 Å². The van der Waals surface area contributed by atoms with Crippen LogP contribution in [0.4, 0.5) is 5.69 Å². The van der Waals surface area contributed by atoms with E-state index in [1.54, 1.807) is 12.1 Å². The van der Waals surface area contributed by atoms with Crippen LogP contribution in [0.3, 0.4) is 0 Å². The van der Waals surface area contributed by atoms with Gasteiger partial charge in [-0.25, -0.2) is 9.98 Å². The van der Waals surface area contributed by atoms with E-state index in [1.165, 1.54) is 6.20 Å². The zero-order valence-electron chi connectivity index (χ0n) is 7.37. The summed E-state index contributed by atoms with van der Waals surface area (Å²) in [7, 11) is 0. The molecule has 0 fully saturated rings. The SMILES string of the molecule is NC(N)=Nc1ccc(Cl)nc1.O=[N+]([O-])O. The molecule has 8 nitrogen and oxygen atoms in total. The number of rotatable bonds is 1. The average molecular weight is 234 g/mol. The van der Waals surface area contributed by atoms with E-state index in [0.29, 0.717) is 10.8 Å². The summed E-state index contributed by atoms with van der Waals surface area (Å²) >= 11 is 5.53. The third kappa shape index (κ3) is 8.25. The number of aromatic nitrogens is 1. The average Bonchev–Trinajstić information content (AvgIpc) is 2.07. The summed E-state index contributed by atoms with van der Waals surface area (Å²) in [5, 5.41) is 14.1. The molecule has 0 aliphatic carbocycles. The minimum absolute atomic E-state index is 0.00845. The molecule has 5 N–H and O–H groups in total. The Bertz CT molecular complexity index is 344. The summed E-state index contributed by atoms with van der Waals surface area (Å²) in [6.07, 6.45) is 1.49. The predicted octanol–water partition coefficient (Wildman–Crippen LogP) is 0.292. The number of halogens is 1. The minimum atomic E-state index is -1.50. The molecule has 0 bridgehead atoms. The Kier molecular flexibility index (Phi) is 5.49. The van der Waals surface area contributed by atoms with Crippen LogP contribution in [-0.4, -0.2) is 21.2 Å². The maximum absolute atomic E-state index is 8.36. The van der Waals surface area contributed by atoms with Crippen molar-refractivity contribution in [3.63, 3.8) is 0 Å². The number of pyridine rings is 1. The molecule has 1 aromatic rings. The molecule has 1 aromatic heterocycles. The number of nitrogens with two attached hydrogens (primary N) is 2. The van der Waals surface area contributed by atoms with Crippen LogP contribution >= 0.6 is 11.6 Å². The summed E-state index contributed by atoms with van der Waals surface area (Å²) in [5.41, 5.74) is 10.9. The second-order valence-corrected chi connectivity index (χ2v) is 2.50. The second kappa shape index (κ2) is 6.38. The molecule has 9 heteroatoms. The van der Waals surface area contributed by atoms with Crippen molar-refractivity contribution in [3.8, 4) is 0 Å². The Morgan fingerprint density at radius 1 is 1.60 bits per heavy atom. The molecule has 0 unspecified atom stereocenters. The van der Waals surface area contributed by atoms with Crippen LogP contribution in [0.1, 0.15) is 0 Å². The van der Waals surface area contributed by atoms with Gasteiger partial charge in [-0.05, 0) is 12.1 Å². The fraction of sp³-hybridized carbons (Fsp3) is 0. The molecule has 0 aromatic carbocycles. The maximum Gasteiger partial charge on any atom is 0.291 e. The molecule has 0 amide bonds. The molecule has 1 rings (SSSR count). The van der Waals surface area contributed by atoms with Gasteiger partial charge in [-0.1, -0.05) is 11.6 Å². The number of hydrogen-bond donors (Lipinski definition) is 3. The van der Waals surface area contributed by atoms with Gasteiger partial charge in [0.05, 0.1) is 11.9 Å². The van der Waals surface area contributed by atoms with E-state index in [-0.39, 0.29) is 5.96 Å². The highest BCUT2D eigenvalue weighted by Gasteiger charge is 1.90. The van der Waals surface area contributed by atoms with Gasteiger partial charge in [-0.15, -0.1) is 10.1 Å². The van der Waals surface area contributed by atoms with Crippen molar-refractivity contribution in [2.45, 2.75) is 0 Å². The molecule has 0 saturated heterocycles. The summed E-state index contributed by atoms with van der Waals surface area (Å²) in [6.45, 7) is 0. The van der Waals surface area contributed by atoms with Crippen molar-refractivity contribution < 1.29 is 10.3 Å². The van der Waals surface area contributed by atoms with Gasteiger partial charge >= 0.3 is 0 Å². The first-order valence-electron chi connectivity index (χ1n) is 3.46. The lowest BCUT2D eigenvalue weighted by Gasteiger charge is -1.92. The van der Waals surface area contributed by atoms with Crippen LogP contribution in [-0.2, 0) is 0 Å². The number of hydrogen-bond acceptors (Lipinski definition) is 4. The molecule has 0 saturated carbocycles. The Morgan fingerprint density at radius 2 is 2.13 bits per heavy atom. The topological polar surface area (TPSA) is 141 Å².